The highest BCUT2D eigenvalue weighted by atomic mass is 79.9. The lowest BCUT2D eigenvalue weighted by molar-refractivity contribution is 0.0134. The highest BCUT2D eigenvalue weighted by Crippen LogP contribution is 2.15. The molecule has 17 heavy (non-hydrogen) atoms. The molecule has 0 atom stereocenters. The first-order valence-corrected chi connectivity index (χ1v) is 7.14. The van der Waals surface area contributed by atoms with Gasteiger partial charge in [0.15, 0.2) is 0 Å². The number of rotatable bonds is 5. The van der Waals surface area contributed by atoms with Gasteiger partial charge in [-0.1, -0.05) is 15.9 Å². The lowest BCUT2D eigenvalue weighted by Crippen LogP contribution is -2.37. The first-order valence-electron chi connectivity index (χ1n) is 6.02. The van der Waals surface area contributed by atoms with Crippen LogP contribution in [0.25, 0.3) is 0 Å². The maximum absolute atomic E-state index is 5.73. The predicted octanol–water partition coefficient (Wildman–Crippen LogP) is 1.19. The quantitative estimate of drug-likeness (QED) is 0.767. The fourth-order valence-corrected chi connectivity index (χ4v) is 2.30. The van der Waals surface area contributed by atoms with Crippen LogP contribution in [-0.2, 0) is 18.3 Å². The fourth-order valence-electron chi connectivity index (χ4n) is 2.11. The average molecular weight is 303 g/mol. The molecule has 0 aromatic carbocycles. The molecule has 6 heteroatoms. The van der Waals surface area contributed by atoms with Crippen LogP contribution in [0.2, 0.25) is 0 Å². The molecule has 1 aromatic rings. The van der Waals surface area contributed by atoms with Gasteiger partial charge >= 0.3 is 0 Å². The zero-order chi connectivity index (χ0) is 12.1. The summed E-state index contributed by atoms with van der Waals surface area (Å²) >= 11 is 3.38. The van der Waals surface area contributed by atoms with Crippen LogP contribution in [0.4, 0.5) is 0 Å². The van der Waals surface area contributed by atoms with Crippen molar-refractivity contribution in [1.29, 1.82) is 0 Å². The Morgan fingerprint density at radius 3 is 2.82 bits per heavy atom. The molecular weight excluding hydrogens is 284 g/mol. The van der Waals surface area contributed by atoms with Gasteiger partial charge in [-0.3, -0.25) is 9.58 Å². The number of ether oxygens (including phenoxy) is 1. The van der Waals surface area contributed by atoms with Gasteiger partial charge in [0.05, 0.1) is 19.3 Å². The summed E-state index contributed by atoms with van der Waals surface area (Å²) in [6, 6.07) is 0. The van der Waals surface area contributed by atoms with Gasteiger partial charge in [-0.25, -0.2) is 4.98 Å². The van der Waals surface area contributed by atoms with E-state index in [2.05, 4.69) is 30.9 Å². The number of alkyl halides is 1. The molecule has 0 spiro atoms. The van der Waals surface area contributed by atoms with Crippen LogP contribution in [0.5, 0.6) is 0 Å². The molecule has 0 N–H and O–H groups in total. The molecule has 0 amide bonds. The Morgan fingerprint density at radius 1 is 1.47 bits per heavy atom. The van der Waals surface area contributed by atoms with Gasteiger partial charge in [0.25, 0.3) is 0 Å². The summed E-state index contributed by atoms with van der Waals surface area (Å²) in [5.41, 5.74) is 0. The Bertz CT molecular complexity index is 336. The fraction of sp³-hybridized carbons (Fsp3) is 0.818. The smallest absolute Gasteiger partial charge is 0.140 e. The first kappa shape index (κ1) is 13.0. The summed E-state index contributed by atoms with van der Waals surface area (Å²) in [5, 5.41) is 5.01. The number of hydrogen-bond acceptors (Lipinski definition) is 4. The summed E-state index contributed by atoms with van der Waals surface area (Å²) in [5.74, 6) is 1.03. The van der Waals surface area contributed by atoms with Crippen LogP contribution < -0.4 is 0 Å². The molecule has 1 saturated heterocycles. The minimum absolute atomic E-state index is 0.434. The van der Waals surface area contributed by atoms with E-state index < -0.39 is 0 Å². The van der Waals surface area contributed by atoms with Crippen LogP contribution in [0.15, 0.2) is 6.33 Å². The van der Waals surface area contributed by atoms with Crippen molar-refractivity contribution >= 4 is 15.9 Å². The van der Waals surface area contributed by atoms with E-state index in [1.54, 1.807) is 6.33 Å². The van der Waals surface area contributed by atoms with Crippen molar-refractivity contribution in [2.45, 2.75) is 25.5 Å². The van der Waals surface area contributed by atoms with E-state index >= 15 is 0 Å². The lowest BCUT2D eigenvalue weighted by Gasteiger charge is -2.31. The van der Waals surface area contributed by atoms with Gasteiger partial charge in [0.2, 0.25) is 0 Å². The highest BCUT2D eigenvalue weighted by Gasteiger charge is 2.20. The molecule has 0 bridgehead atoms. The number of aryl methyl sites for hydroxylation is 1. The van der Waals surface area contributed by atoms with E-state index in [0.29, 0.717) is 6.10 Å². The highest BCUT2D eigenvalue weighted by molar-refractivity contribution is 9.09. The second-order valence-corrected chi connectivity index (χ2v) is 5.13. The van der Waals surface area contributed by atoms with Crippen molar-refractivity contribution in [3.05, 3.63) is 12.2 Å². The lowest BCUT2D eigenvalue weighted by atomic mass is 10.1. The number of halogens is 1. The summed E-state index contributed by atoms with van der Waals surface area (Å²) in [4.78, 5) is 6.67. The number of aromatic nitrogens is 3. The van der Waals surface area contributed by atoms with Crippen molar-refractivity contribution < 1.29 is 4.74 Å². The van der Waals surface area contributed by atoms with Crippen LogP contribution in [0, 0.1) is 0 Å². The number of hydrogen-bond donors (Lipinski definition) is 0. The first-order chi connectivity index (χ1) is 8.29. The Labute approximate surface area is 110 Å². The third-order valence-electron chi connectivity index (χ3n) is 3.14. The number of likely N-dealkylation sites (tertiary alicyclic amines) is 1. The topological polar surface area (TPSA) is 43.2 Å². The summed E-state index contributed by atoms with van der Waals surface area (Å²) < 4.78 is 7.57. The van der Waals surface area contributed by atoms with E-state index in [9.17, 15) is 0 Å². The molecule has 1 aliphatic rings. The van der Waals surface area contributed by atoms with Crippen molar-refractivity contribution in [3.8, 4) is 0 Å². The third-order valence-corrected chi connectivity index (χ3v) is 3.46. The molecule has 96 valence electrons. The van der Waals surface area contributed by atoms with E-state index in [-0.39, 0.29) is 0 Å². The van der Waals surface area contributed by atoms with Crippen molar-refractivity contribution in [2.24, 2.45) is 7.05 Å². The summed E-state index contributed by atoms with van der Waals surface area (Å²) in [6.45, 7) is 3.87. The molecule has 0 saturated carbocycles. The van der Waals surface area contributed by atoms with Crippen LogP contribution in [0.3, 0.4) is 0 Å². The van der Waals surface area contributed by atoms with Crippen molar-refractivity contribution in [3.63, 3.8) is 0 Å². The molecule has 2 heterocycles. The van der Waals surface area contributed by atoms with Gasteiger partial charge in [-0.2, -0.15) is 5.10 Å². The van der Waals surface area contributed by atoms with Gasteiger partial charge in [-0.15, -0.1) is 0 Å². The standard InChI is InChI=1S/C11H19BrN4O/c1-15-11(13-9-14-15)8-16-5-2-10(3-6-16)17-7-4-12/h9-10H,2-8H2,1H3. The van der Waals surface area contributed by atoms with Gasteiger partial charge in [0, 0.05) is 25.5 Å². The van der Waals surface area contributed by atoms with Gasteiger partial charge in [-0.05, 0) is 12.8 Å². The molecule has 1 aliphatic heterocycles. The normalized spacial score (nSPS) is 18.7. The molecular formula is C11H19BrN4O. The van der Waals surface area contributed by atoms with Crippen LogP contribution in [-0.4, -0.2) is 50.8 Å². The zero-order valence-corrected chi connectivity index (χ0v) is 11.8. The largest absolute Gasteiger partial charge is 0.377 e. The Hall–Kier alpha value is -0.460. The van der Waals surface area contributed by atoms with E-state index in [4.69, 9.17) is 4.74 Å². The van der Waals surface area contributed by atoms with Crippen molar-refractivity contribution in [1.82, 2.24) is 19.7 Å². The minimum atomic E-state index is 0.434. The SMILES string of the molecule is Cn1ncnc1CN1CCC(OCCBr)CC1. The number of nitrogens with zero attached hydrogens (tertiary/aromatic N) is 4. The predicted molar refractivity (Wildman–Crippen MR) is 69.0 cm³/mol. The molecule has 0 aliphatic carbocycles. The summed E-state index contributed by atoms with van der Waals surface area (Å²) in [6.07, 6.45) is 4.28. The average Bonchev–Trinajstić information content (AvgIpc) is 2.74. The zero-order valence-electron chi connectivity index (χ0n) is 10.2. The molecule has 0 radical (unpaired) electrons. The van der Waals surface area contributed by atoms with Gasteiger partial charge < -0.3 is 4.74 Å². The van der Waals surface area contributed by atoms with Gasteiger partial charge in [0.1, 0.15) is 12.2 Å². The Kier molecular flexibility index (Phi) is 4.94. The Balaban J connectivity index is 1.74. The van der Waals surface area contributed by atoms with E-state index in [0.717, 1.165) is 50.2 Å². The Morgan fingerprint density at radius 2 is 2.24 bits per heavy atom. The van der Waals surface area contributed by atoms with E-state index in [1.165, 1.54) is 0 Å². The van der Waals surface area contributed by atoms with Crippen molar-refractivity contribution in [2.75, 3.05) is 25.0 Å². The maximum atomic E-state index is 5.73. The molecule has 1 fully saturated rings. The molecule has 0 unspecified atom stereocenters. The third kappa shape index (κ3) is 3.76. The minimum Gasteiger partial charge on any atom is -0.377 e. The summed E-state index contributed by atoms with van der Waals surface area (Å²) in [7, 11) is 1.94. The molecule has 5 nitrogen and oxygen atoms in total. The second-order valence-electron chi connectivity index (χ2n) is 4.34. The second kappa shape index (κ2) is 6.47. The monoisotopic (exact) mass is 302 g/mol. The van der Waals surface area contributed by atoms with Crippen LogP contribution in [0.1, 0.15) is 18.7 Å². The number of piperidine rings is 1. The molecule has 2 rings (SSSR count). The van der Waals surface area contributed by atoms with E-state index in [1.807, 2.05) is 11.7 Å². The maximum Gasteiger partial charge on any atom is 0.140 e. The molecule has 1 aromatic heterocycles. The van der Waals surface area contributed by atoms with Crippen LogP contribution >= 0.6 is 15.9 Å².